The van der Waals surface area contributed by atoms with Crippen LogP contribution >= 0.6 is 0 Å². The van der Waals surface area contributed by atoms with E-state index in [1.807, 2.05) is 50.2 Å². The van der Waals surface area contributed by atoms with Crippen LogP contribution in [0, 0.1) is 17.8 Å². The molecule has 220 valence electrons. The van der Waals surface area contributed by atoms with Gasteiger partial charge in [0.05, 0.1) is 6.04 Å². The molecule has 0 aromatic heterocycles. The molecule has 0 saturated carbocycles. The van der Waals surface area contributed by atoms with Crippen LogP contribution in [0.1, 0.15) is 75.2 Å². The average molecular weight is 561 g/mol. The third-order valence-electron chi connectivity index (χ3n) is 7.98. The first-order valence-corrected chi connectivity index (χ1v) is 14.9. The zero-order valence-corrected chi connectivity index (χ0v) is 24.6. The minimum atomic E-state index is -0.855. The number of nitrogens with one attached hydrogen (secondary N) is 1. The predicted molar refractivity (Wildman–Crippen MR) is 160 cm³/mol. The molecule has 7 heteroatoms. The van der Waals surface area contributed by atoms with E-state index in [4.69, 9.17) is 0 Å². The summed E-state index contributed by atoms with van der Waals surface area (Å²) in [5, 5.41) is 2.79. The lowest BCUT2D eigenvalue weighted by Gasteiger charge is -2.23. The van der Waals surface area contributed by atoms with Crippen molar-refractivity contribution >= 4 is 29.0 Å². The van der Waals surface area contributed by atoms with E-state index >= 15 is 0 Å². The maximum Gasteiger partial charge on any atom is 0.224 e. The molecule has 1 aliphatic heterocycles. The van der Waals surface area contributed by atoms with Crippen LogP contribution in [0.3, 0.4) is 0 Å². The Labute approximate surface area is 244 Å². The molecule has 0 aliphatic carbocycles. The van der Waals surface area contributed by atoms with E-state index in [2.05, 4.69) is 10.2 Å². The zero-order valence-electron chi connectivity index (χ0n) is 24.6. The van der Waals surface area contributed by atoms with Crippen molar-refractivity contribution in [3.8, 4) is 0 Å². The molecule has 1 saturated heterocycles. The van der Waals surface area contributed by atoms with Gasteiger partial charge in [-0.2, -0.15) is 0 Å². The minimum Gasteiger partial charge on any atom is -0.346 e. The Bertz CT molecular complexity index is 1170. The first-order valence-electron chi connectivity index (χ1n) is 14.9. The van der Waals surface area contributed by atoms with Gasteiger partial charge in [0.1, 0.15) is 0 Å². The van der Waals surface area contributed by atoms with Crippen molar-refractivity contribution in [3.63, 3.8) is 0 Å². The summed E-state index contributed by atoms with van der Waals surface area (Å²) in [5.74, 6) is -3.33. The lowest BCUT2D eigenvalue weighted by Crippen LogP contribution is -2.44. The molecule has 1 unspecified atom stereocenters. The smallest absolute Gasteiger partial charge is 0.224 e. The number of ketones is 4. The summed E-state index contributed by atoms with van der Waals surface area (Å²) in [6.07, 6.45) is 3.43. The standard InChI is InChI=1S/C34H44N2O5/c1-24(2)29(33(40)30(37)17-12-20-36-18-10-11-19-36)23-31(38)25(3)35-34(41)28(21-26-13-6-4-7-14-26)22-32(39)27-15-8-5-9-16-27/h4-9,13-16,24-25,28-29H,10-12,17-23H2,1-3H3,(H,35,41)/t25-,28+,29?/m0/s1. The molecule has 2 aromatic rings. The Balaban J connectivity index is 1.60. The van der Waals surface area contributed by atoms with Crippen molar-refractivity contribution in [3.05, 3.63) is 71.8 Å². The van der Waals surface area contributed by atoms with Crippen molar-refractivity contribution < 1.29 is 24.0 Å². The van der Waals surface area contributed by atoms with Crippen LogP contribution in [0.2, 0.25) is 0 Å². The Morgan fingerprint density at radius 1 is 0.829 bits per heavy atom. The van der Waals surface area contributed by atoms with E-state index in [9.17, 15) is 24.0 Å². The fraction of sp³-hybridized carbons (Fsp3) is 0.500. The maximum absolute atomic E-state index is 13.4. The van der Waals surface area contributed by atoms with E-state index in [1.165, 1.54) is 12.8 Å². The number of carbonyl (C=O) groups excluding carboxylic acids is 5. The Morgan fingerprint density at radius 2 is 1.44 bits per heavy atom. The number of benzene rings is 2. The second-order valence-corrected chi connectivity index (χ2v) is 11.6. The predicted octanol–water partition coefficient (Wildman–Crippen LogP) is 4.87. The Kier molecular flexibility index (Phi) is 12.6. The number of hydrogen-bond donors (Lipinski definition) is 1. The molecule has 3 atom stereocenters. The van der Waals surface area contributed by atoms with Crippen LogP contribution in [0.25, 0.3) is 0 Å². The lowest BCUT2D eigenvalue weighted by molar-refractivity contribution is -0.141. The van der Waals surface area contributed by atoms with E-state index in [0.29, 0.717) is 18.4 Å². The first-order chi connectivity index (χ1) is 19.7. The average Bonchev–Trinajstić information content (AvgIpc) is 3.49. The van der Waals surface area contributed by atoms with E-state index < -0.39 is 29.4 Å². The van der Waals surface area contributed by atoms with Gasteiger partial charge >= 0.3 is 0 Å². The Hall–Kier alpha value is -3.45. The number of hydrogen-bond acceptors (Lipinski definition) is 6. The molecular formula is C34H44N2O5. The van der Waals surface area contributed by atoms with E-state index in [0.717, 1.165) is 25.2 Å². The monoisotopic (exact) mass is 560 g/mol. The number of Topliss-reactive ketones (excluding diaryl/α,β-unsaturated/α-hetero) is 4. The van der Waals surface area contributed by atoms with Gasteiger partial charge in [-0.15, -0.1) is 0 Å². The largest absolute Gasteiger partial charge is 0.346 e. The van der Waals surface area contributed by atoms with Crippen LogP contribution < -0.4 is 5.32 Å². The maximum atomic E-state index is 13.4. The third kappa shape index (κ3) is 10.2. The number of likely N-dealkylation sites (tertiary alicyclic amines) is 1. The lowest BCUT2D eigenvalue weighted by atomic mass is 9.83. The van der Waals surface area contributed by atoms with Gasteiger partial charge in [-0.1, -0.05) is 74.5 Å². The topological polar surface area (TPSA) is 101 Å². The second-order valence-electron chi connectivity index (χ2n) is 11.6. The molecule has 0 spiro atoms. The summed E-state index contributed by atoms with van der Waals surface area (Å²) in [5.41, 5.74) is 1.45. The van der Waals surface area contributed by atoms with Crippen molar-refractivity contribution in [1.29, 1.82) is 0 Å². The molecule has 3 rings (SSSR count). The molecule has 2 aromatic carbocycles. The first kappa shape index (κ1) is 32.1. The van der Waals surface area contributed by atoms with Crippen LogP contribution in [0.15, 0.2) is 60.7 Å². The van der Waals surface area contributed by atoms with Gasteiger partial charge < -0.3 is 10.2 Å². The van der Waals surface area contributed by atoms with Crippen LogP contribution in [0.5, 0.6) is 0 Å². The third-order valence-corrected chi connectivity index (χ3v) is 7.98. The number of carbonyl (C=O) groups is 5. The molecule has 1 aliphatic rings. The minimum absolute atomic E-state index is 0.00465. The highest BCUT2D eigenvalue weighted by Crippen LogP contribution is 2.21. The van der Waals surface area contributed by atoms with Gasteiger partial charge in [0, 0.05) is 36.7 Å². The van der Waals surface area contributed by atoms with Crippen molar-refractivity contribution in [2.24, 2.45) is 17.8 Å². The molecular weight excluding hydrogens is 516 g/mol. The number of nitrogens with zero attached hydrogens (tertiary/aromatic N) is 1. The normalized spacial score (nSPS) is 15.7. The van der Waals surface area contributed by atoms with E-state index in [-0.39, 0.29) is 42.7 Å². The highest BCUT2D eigenvalue weighted by atomic mass is 16.2. The molecule has 1 N–H and O–H groups in total. The summed E-state index contributed by atoms with van der Waals surface area (Å²) < 4.78 is 0. The van der Waals surface area contributed by atoms with Crippen molar-refractivity contribution in [2.75, 3.05) is 19.6 Å². The van der Waals surface area contributed by atoms with Gasteiger partial charge in [-0.25, -0.2) is 0 Å². The molecule has 1 fully saturated rings. The number of amides is 1. The molecule has 7 nitrogen and oxygen atoms in total. The zero-order chi connectivity index (χ0) is 29.8. The van der Waals surface area contributed by atoms with Gasteiger partial charge in [0.25, 0.3) is 0 Å². The molecule has 1 amide bonds. The molecule has 41 heavy (non-hydrogen) atoms. The van der Waals surface area contributed by atoms with Gasteiger partial charge in [0.2, 0.25) is 11.7 Å². The Morgan fingerprint density at radius 3 is 2.05 bits per heavy atom. The molecule has 1 heterocycles. The highest BCUT2D eigenvalue weighted by molar-refractivity contribution is 6.38. The van der Waals surface area contributed by atoms with Gasteiger partial charge in [-0.05, 0) is 63.7 Å². The fourth-order valence-corrected chi connectivity index (χ4v) is 5.36. The molecule has 0 radical (unpaired) electrons. The summed E-state index contributed by atoms with van der Waals surface area (Å²) in [6, 6.07) is 17.5. The van der Waals surface area contributed by atoms with Crippen LogP contribution in [-0.2, 0) is 25.6 Å². The van der Waals surface area contributed by atoms with Crippen LogP contribution in [-0.4, -0.2) is 59.6 Å². The quantitative estimate of drug-likeness (QED) is 0.219. The van der Waals surface area contributed by atoms with Crippen molar-refractivity contribution in [2.45, 2.75) is 71.8 Å². The fourth-order valence-electron chi connectivity index (χ4n) is 5.36. The SMILES string of the molecule is CC(C)C(CC(=O)[C@H](C)NC(=O)[C@@H](CC(=O)c1ccccc1)Cc1ccccc1)C(=O)C(=O)CCCN1CCCC1. The van der Waals surface area contributed by atoms with Crippen LogP contribution in [0.4, 0.5) is 0 Å². The molecule has 0 bridgehead atoms. The second kappa shape index (κ2) is 16.1. The summed E-state index contributed by atoms with van der Waals surface area (Å²) in [6.45, 7) is 8.16. The summed E-state index contributed by atoms with van der Waals surface area (Å²) in [4.78, 5) is 67.5. The highest BCUT2D eigenvalue weighted by Gasteiger charge is 2.32. The van der Waals surface area contributed by atoms with Crippen molar-refractivity contribution in [1.82, 2.24) is 10.2 Å². The summed E-state index contributed by atoms with van der Waals surface area (Å²) in [7, 11) is 0. The van der Waals surface area contributed by atoms with E-state index in [1.54, 1.807) is 31.2 Å². The number of rotatable bonds is 17. The van der Waals surface area contributed by atoms with Gasteiger partial charge in [-0.3, -0.25) is 24.0 Å². The summed E-state index contributed by atoms with van der Waals surface area (Å²) >= 11 is 0. The van der Waals surface area contributed by atoms with Gasteiger partial charge in [0.15, 0.2) is 17.3 Å².